The van der Waals surface area contributed by atoms with Crippen LogP contribution in [0.1, 0.15) is 13.8 Å². The maximum Gasteiger partial charge on any atom is 0.178 e. The number of rotatable bonds is 4. The molecule has 0 fully saturated rings. The van der Waals surface area contributed by atoms with E-state index in [2.05, 4.69) is 4.98 Å². The summed E-state index contributed by atoms with van der Waals surface area (Å²) >= 11 is 5.12. The number of hydrogen-bond acceptors (Lipinski definition) is 2. The van der Waals surface area contributed by atoms with Crippen molar-refractivity contribution >= 4 is 23.3 Å². The van der Waals surface area contributed by atoms with E-state index in [1.165, 1.54) is 6.07 Å². The summed E-state index contributed by atoms with van der Waals surface area (Å²) in [5, 5.41) is 0. The summed E-state index contributed by atoms with van der Waals surface area (Å²) in [5.74, 6) is -1.26. The highest BCUT2D eigenvalue weighted by Crippen LogP contribution is 2.20. The summed E-state index contributed by atoms with van der Waals surface area (Å²) in [7, 11) is 0. The van der Waals surface area contributed by atoms with Gasteiger partial charge < -0.3 is 14.3 Å². The number of ether oxygens (including phenoxy) is 1. The number of benzene rings is 1. The summed E-state index contributed by atoms with van der Waals surface area (Å²) in [5.41, 5.74) is 0.647. The first-order chi connectivity index (χ1) is 8.52. The molecule has 1 N–H and O–H groups in total. The predicted molar refractivity (Wildman–Crippen MR) is 68.1 cm³/mol. The molecule has 0 amide bonds. The van der Waals surface area contributed by atoms with Gasteiger partial charge in [0.2, 0.25) is 0 Å². The average molecular weight is 272 g/mol. The largest absolute Gasteiger partial charge is 0.377 e. The first-order valence-electron chi connectivity index (χ1n) is 5.72. The minimum absolute atomic E-state index is 0.0768. The minimum Gasteiger partial charge on any atom is -0.377 e. The molecule has 0 saturated heterocycles. The first kappa shape index (κ1) is 13.2. The predicted octanol–water partition coefficient (Wildman–Crippen LogP) is 3.40. The molecule has 3 nitrogen and oxygen atoms in total. The van der Waals surface area contributed by atoms with Gasteiger partial charge in [0.15, 0.2) is 10.6 Å². The van der Waals surface area contributed by atoms with Crippen molar-refractivity contribution in [3.05, 3.63) is 28.5 Å². The normalized spacial score (nSPS) is 13.1. The van der Waals surface area contributed by atoms with Gasteiger partial charge >= 0.3 is 0 Å². The van der Waals surface area contributed by atoms with Crippen molar-refractivity contribution in [1.29, 1.82) is 0 Å². The Balaban J connectivity index is 2.50. The summed E-state index contributed by atoms with van der Waals surface area (Å²) in [6.45, 7) is 4.82. The number of fused-ring (bicyclic) bond motifs is 1. The quantitative estimate of drug-likeness (QED) is 0.864. The number of halogens is 2. The maximum absolute atomic E-state index is 13.6. The summed E-state index contributed by atoms with van der Waals surface area (Å²) < 4.78 is 34.2. The maximum atomic E-state index is 13.6. The highest BCUT2D eigenvalue weighted by atomic mass is 32.1. The van der Waals surface area contributed by atoms with Crippen LogP contribution in [0.5, 0.6) is 0 Å². The summed E-state index contributed by atoms with van der Waals surface area (Å²) in [6, 6.07) is 2.10. The van der Waals surface area contributed by atoms with E-state index < -0.39 is 11.6 Å². The molecule has 2 aromatic rings. The van der Waals surface area contributed by atoms with Crippen LogP contribution in [0.15, 0.2) is 12.1 Å². The fraction of sp³-hybridized carbons (Fsp3) is 0.417. The van der Waals surface area contributed by atoms with Gasteiger partial charge in [0.05, 0.1) is 18.2 Å². The molecule has 0 aliphatic heterocycles. The van der Waals surface area contributed by atoms with Crippen molar-refractivity contribution in [2.45, 2.75) is 26.5 Å². The van der Waals surface area contributed by atoms with E-state index in [9.17, 15) is 8.78 Å². The second-order valence-corrected chi connectivity index (χ2v) is 4.48. The van der Waals surface area contributed by atoms with Gasteiger partial charge in [-0.05, 0) is 32.1 Å². The molecule has 0 aliphatic rings. The van der Waals surface area contributed by atoms with Crippen LogP contribution in [0.3, 0.4) is 0 Å². The van der Waals surface area contributed by atoms with Gasteiger partial charge in [0.25, 0.3) is 0 Å². The number of nitrogens with one attached hydrogen (secondary N) is 1. The second kappa shape index (κ2) is 5.16. The third kappa shape index (κ3) is 2.44. The molecule has 1 aromatic carbocycles. The lowest BCUT2D eigenvalue weighted by Crippen LogP contribution is -2.16. The van der Waals surface area contributed by atoms with Crippen LogP contribution in [0, 0.1) is 16.4 Å². The van der Waals surface area contributed by atoms with E-state index in [4.69, 9.17) is 17.0 Å². The Morgan fingerprint density at radius 1 is 1.44 bits per heavy atom. The number of aromatic amines is 1. The van der Waals surface area contributed by atoms with Crippen LogP contribution < -0.4 is 0 Å². The standard InChI is InChI=1S/C12H14F2N2OS/c1-3-17-7(2)6-16-10-5-8(13)4-9(14)11(10)15-12(16)18/h4-5,7H,3,6H2,1-2H3,(H,15,18). The Bertz CT molecular complexity index is 620. The fourth-order valence-corrected chi connectivity index (χ4v) is 2.23. The smallest absolute Gasteiger partial charge is 0.178 e. The van der Waals surface area contributed by atoms with E-state index in [1.54, 1.807) is 4.57 Å². The van der Waals surface area contributed by atoms with Crippen molar-refractivity contribution in [1.82, 2.24) is 9.55 Å². The van der Waals surface area contributed by atoms with Crippen LogP contribution in [-0.4, -0.2) is 22.3 Å². The van der Waals surface area contributed by atoms with E-state index in [0.717, 1.165) is 6.07 Å². The van der Waals surface area contributed by atoms with Gasteiger partial charge in [-0.1, -0.05) is 0 Å². The van der Waals surface area contributed by atoms with Crippen molar-refractivity contribution in [3.63, 3.8) is 0 Å². The zero-order valence-corrected chi connectivity index (χ0v) is 11.0. The van der Waals surface area contributed by atoms with Crippen LogP contribution in [0.25, 0.3) is 11.0 Å². The molecule has 1 atom stereocenters. The zero-order valence-electron chi connectivity index (χ0n) is 10.2. The van der Waals surface area contributed by atoms with Gasteiger partial charge in [-0.2, -0.15) is 0 Å². The number of H-pyrrole nitrogens is 1. The SMILES string of the molecule is CCOC(C)Cn1c(=S)[nH]c2c(F)cc(F)cc21. The van der Waals surface area contributed by atoms with Crippen molar-refractivity contribution < 1.29 is 13.5 Å². The number of hydrogen-bond donors (Lipinski definition) is 1. The second-order valence-electron chi connectivity index (χ2n) is 4.09. The van der Waals surface area contributed by atoms with Crippen LogP contribution in [-0.2, 0) is 11.3 Å². The van der Waals surface area contributed by atoms with E-state index >= 15 is 0 Å². The molecule has 18 heavy (non-hydrogen) atoms. The minimum atomic E-state index is -0.640. The van der Waals surface area contributed by atoms with E-state index in [0.29, 0.717) is 23.4 Å². The third-order valence-electron chi connectivity index (χ3n) is 2.69. The van der Waals surface area contributed by atoms with Crippen LogP contribution in [0.4, 0.5) is 8.78 Å². The molecule has 6 heteroatoms. The molecule has 0 radical (unpaired) electrons. The van der Waals surface area contributed by atoms with E-state index in [-0.39, 0.29) is 11.6 Å². The molecule has 2 rings (SSSR count). The van der Waals surface area contributed by atoms with Gasteiger partial charge in [-0.15, -0.1) is 0 Å². The molecule has 0 aliphatic carbocycles. The molecule has 1 heterocycles. The Hall–Kier alpha value is -1.27. The Kier molecular flexibility index (Phi) is 3.77. The molecule has 1 unspecified atom stereocenters. The topological polar surface area (TPSA) is 29.9 Å². The van der Waals surface area contributed by atoms with Crippen molar-refractivity contribution in [2.24, 2.45) is 0 Å². The molecule has 0 saturated carbocycles. The Morgan fingerprint density at radius 3 is 2.83 bits per heavy atom. The zero-order chi connectivity index (χ0) is 13.3. The molecular weight excluding hydrogens is 258 g/mol. The van der Waals surface area contributed by atoms with Gasteiger partial charge in [0, 0.05) is 12.7 Å². The highest BCUT2D eigenvalue weighted by Gasteiger charge is 2.13. The lowest BCUT2D eigenvalue weighted by Gasteiger charge is -2.12. The molecule has 1 aromatic heterocycles. The molecular formula is C12H14F2N2OS. The van der Waals surface area contributed by atoms with E-state index in [1.807, 2.05) is 13.8 Å². The number of imidazole rings is 1. The molecule has 98 valence electrons. The van der Waals surface area contributed by atoms with Gasteiger partial charge in [-0.25, -0.2) is 8.78 Å². The fourth-order valence-electron chi connectivity index (χ4n) is 1.96. The first-order valence-corrected chi connectivity index (χ1v) is 6.13. The monoisotopic (exact) mass is 272 g/mol. The van der Waals surface area contributed by atoms with Gasteiger partial charge in [0.1, 0.15) is 11.3 Å². The molecule has 0 spiro atoms. The number of aromatic nitrogens is 2. The van der Waals surface area contributed by atoms with Crippen molar-refractivity contribution in [2.75, 3.05) is 6.61 Å². The molecule has 0 bridgehead atoms. The highest BCUT2D eigenvalue weighted by molar-refractivity contribution is 7.71. The van der Waals surface area contributed by atoms with Crippen LogP contribution in [0.2, 0.25) is 0 Å². The van der Waals surface area contributed by atoms with Crippen LogP contribution >= 0.6 is 12.2 Å². The lowest BCUT2D eigenvalue weighted by atomic mass is 10.3. The lowest BCUT2D eigenvalue weighted by molar-refractivity contribution is 0.0645. The van der Waals surface area contributed by atoms with Gasteiger partial charge in [-0.3, -0.25) is 0 Å². The summed E-state index contributed by atoms with van der Waals surface area (Å²) in [4.78, 5) is 2.75. The summed E-state index contributed by atoms with van der Waals surface area (Å²) in [6.07, 6.45) is -0.0768. The number of nitrogens with zero attached hydrogens (tertiary/aromatic N) is 1. The average Bonchev–Trinajstić information content (AvgIpc) is 2.58. The van der Waals surface area contributed by atoms with Crippen molar-refractivity contribution in [3.8, 4) is 0 Å². The third-order valence-corrected chi connectivity index (χ3v) is 3.02. The Morgan fingerprint density at radius 2 is 2.17 bits per heavy atom. The Labute approximate surface area is 108 Å².